The fourth-order valence-electron chi connectivity index (χ4n) is 1.25. The van der Waals surface area contributed by atoms with Crippen LogP contribution in [-0.2, 0) is 0 Å². The van der Waals surface area contributed by atoms with Crippen LogP contribution in [0.2, 0.25) is 5.02 Å². The topological polar surface area (TPSA) is 78.7 Å². The Morgan fingerprint density at radius 2 is 2.17 bits per heavy atom. The van der Waals surface area contributed by atoms with E-state index in [1.54, 1.807) is 6.07 Å². The normalized spacial score (nSPS) is 9.56. The second kappa shape index (κ2) is 5.25. The Kier molecular flexibility index (Phi) is 3.51. The monoisotopic (exact) mass is 258 g/mol. The lowest BCUT2D eigenvalue weighted by molar-refractivity contribution is 0.102. The number of nitrogens with zero attached hydrogens (tertiary/aromatic N) is 3. The molecule has 0 atom stereocenters. The van der Waals surface area contributed by atoms with Crippen LogP contribution < -0.4 is 5.32 Å². The van der Waals surface area contributed by atoms with Gasteiger partial charge in [-0.2, -0.15) is 5.26 Å². The number of nitriles is 1. The Bertz CT molecular complexity index is 619. The number of nitrogens with one attached hydrogen (secondary N) is 1. The number of pyridine rings is 2. The fraction of sp³-hybridized carbons (Fsp3) is 0. The molecule has 1 amide bonds. The molecule has 6 heteroatoms. The third kappa shape index (κ3) is 2.81. The van der Waals surface area contributed by atoms with Gasteiger partial charge in [-0.3, -0.25) is 4.79 Å². The van der Waals surface area contributed by atoms with Gasteiger partial charge in [-0.15, -0.1) is 0 Å². The van der Waals surface area contributed by atoms with Crippen LogP contribution in [-0.4, -0.2) is 15.9 Å². The van der Waals surface area contributed by atoms with E-state index in [4.69, 9.17) is 16.9 Å². The number of halogens is 1. The number of amides is 1. The van der Waals surface area contributed by atoms with Gasteiger partial charge in [0.15, 0.2) is 0 Å². The van der Waals surface area contributed by atoms with E-state index in [0.717, 1.165) is 0 Å². The summed E-state index contributed by atoms with van der Waals surface area (Å²) in [6, 6.07) is 8.06. The second-order valence-electron chi connectivity index (χ2n) is 3.36. The van der Waals surface area contributed by atoms with E-state index in [9.17, 15) is 4.79 Å². The molecule has 0 bridgehead atoms. The molecule has 0 aliphatic heterocycles. The largest absolute Gasteiger partial charge is 0.305 e. The summed E-state index contributed by atoms with van der Waals surface area (Å²) in [5.41, 5.74) is 0.600. The van der Waals surface area contributed by atoms with E-state index in [1.165, 1.54) is 30.6 Å². The van der Waals surface area contributed by atoms with Crippen LogP contribution in [0.1, 0.15) is 16.1 Å². The van der Waals surface area contributed by atoms with Crippen molar-refractivity contribution >= 4 is 23.3 Å². The molecular formula is C12H7ClN4O. The van der Waals surface area contributed by atoms with E-state index >= 15 is 0 Å². The predicted octanol–water partition coefficient (Wildman–Crippen LogP) is 2.25. The van der Waals surface area contributed by atoms with Gasteiger partial charge >= 0.3 is 0 Å². The quantitative estimate of drug-likeness (QED) is 0.896. The first kappa shape index (κ1) is 12.0. The number of carbonyl (C=O) groups is 1. The van der Waals surface area contributed by atoms with Crippen LogP contribution in [0.25, 0.3) is 0 Å². The smallest absolute Gasteiger partial charge is 0.275 e. The number of hydrogen-bond donors (Lipinski definition) is 1. The zero-order chi connectivity index (χ0) is 13.0. The summed E-state index contributed by atoms with van der Waals surface area (Å²) in [4.78, 5) is 19.6. The number of anilines is 1. The molecular weight excluding hydrogens is 252 g/mol. The molecule has 2 rings (SSSR count). The van der Waals surface area contributed by atoms with Gasteiger partial charge in [0.2, 0.25) is 0 Å². The van der Waals surface area contributed by atoms with Crippen molar-refractivity contribution in [2.45, 2.75) is 0 Å². The maximum absolute atomic E-state index is 11.8. The van der Waals surface area contributed by atoms with Crippen LogP contribution in [0, 0.1) is 11.3 Å². The summed E-state index contributed by atoms with van der Waals surface area (Å²) in [5, 5.41) is 11.7. The highest BCUT2D eigenvalue weighted by atomic mass is 35.5. The minimum atomic E-state index is -0.408. The highest BCUT2D eigenvalue weighted by molar-refractivity contribution is 6.30. The van der Waals surface area contributed by atoms with Crippen LogP contribution in [0.5, 0.6) is 0 Å². The summed E-state index contributed by atoms with van der Waals surface area (Å²) >= 11 is 5.77. The number of hydrogen-bond acceptors (Lipinski definition) is 4. The van der Waals surface area contributed by atoms with E-state index in [1.807, 2.05) is 6.07 Å². The minimum absolute atomic E-state index is 0.204. The van der Waals surface area contributed by atoms with Crippen molar-refractivity contribution in [2.75, 3.05) is 5.32 Å². The molecule has 2 aromatic heterocycles. The van der Waals surface area contributed by atoms with Crippen molar-refractivity contribution in [3.63, 3.8) is 0 Å². The minimum Gasteiger partial charge on any atom is -0.305 e. The van der Waals surface area contributed by atoms with Gasteiger partial charge in [0, 0.05) is 17.4 Å². The highest BCUT2D eigenvalue weighted by Crippen LogP contribution is 2.12. The maximum atomic E-state index is 11.8. The molecule has 0 saturated heterocycles. The molecule has 0 saturated carbocycles. The Labute approximate surface area is 108 Å². The van der Waals surface area contributed by atoms with E-state index in [2.05, 4.69) is 15.3 Å². The molecule has 88 valence electrons. The first-order chi connectivity index (χ1) is 8.69. The molecule has 0 spiro atoms. The molecule has 2 aromatic rings. The highest BCUT2D eigenvalue weighted by Gasteiger charge is 2.08. The number of aromatic nitrogens is 2. The van der Waals surface area contributed by atoms with Crippen molar-refractivity contribution in [1.82, 2.24) is 9.97 Å². The molecule has 18 heavy (non-hydrogen) atoms. The maximum Gasteiger partial charge on any atom is 0.275 e. The molecule has 0 aromatic carbocycles. The van der Waals surface area contributed by atoms with Gasteiger partial charge in [-0.05, 0) is 24.3 Å². The lowest BCUT2D eigenvalue weighted by atomic mass is 10.2. The van der Waals surface area contributed by atoms with Gasteiger partial charge in [0.25, 0.3) is 5.91 Å². The third-order valence-corrected chi connectivity index (χ3v) is 2.32. The van der Waals surface area contributed by atoms with E-state index in [0.29, 0.717) is 16.4 Å². The molecule has 0 aliphatic rings. The van der Waals surface area contributed by atoms with Gasteiger partial charge < -0.3 is 5.32 Å². The van der Waals surface area contributed by atoms with E-state index in [-0.39, 0.29) is 5.69 Å². The summed E-state index contributed by atoms with van der Waals surface area (Å²) < 4.78 is 0. The van der Waals surface area contributed by atoms with Gasteiger partial charge in [-0.1, -0.05) is 11.6 Å². The average molecular weight is 259 g/mol. The first-order valence-corrected chi connectivity index (χ1v) is 5.36. The van der Waals surface area contributed by atoms with E-state index < -0.39 is 5.91 Å². The lowest BCUT2D eigenvalue weighted by Gasteiger charge is -2.03. The molecule has 0 fully saturated rings. The fourth-order valence-corrected chi connectivity index (χ4v) is 1.41. The standard InChI is InChI=1S/C12H7ClN4O/c13-9-3-4-15-11(5-9)17-12(18)10-2-1-8(6-14)7-16-10/h1-5,7H,(H,15,17,18). The predicted molar refractivity (Wildman–Crippen MR) is 66.2 cm³/mol. The average Bonchev–Trinajstić information content (AvgIpc) is 2.39. The van der Waals surface area contributed by atoms with Crippen molar-refractivity contribution < 1.29 is 4.79 Å². The van der Waals surface area contributed by atoms with Gasteiger partial charge in [0.1, 0.15) is 17.6 Å². The van der Waals surface area contributed by atoms with Gasteiger partial charge in [0.05, 0.1) is 5.56 Å². The number of carbonyl (C=O) groups excluding carboxylic acids is 1. The summed E-state index contributed by atoms with van der Waals surface area (Å²) in [6.45, 7) is 0. The molecule has 5 nitrogen and oxygen atoms in total. The SMILES string of the molecule is N#Cc1ccc(C(=O)Nc2cc(Cl)ccn2)nc1. The Hall–Kier alpha value is -2.45. The van der Waals surface area contributed by atoms with Crippen molar-refractivity contribution in [2.24, 2.45) is 0 Å². The van der Waals surface area contributed by atoms with Crippen molar-refractivity contribution in [3.8, 4) is 6.07 Å². The van der Waals surface area contributed by atoms with Crippen LogP contribution in [0.15, 0.2) is 36.7 Å². The summed E-state index contributed by atoms with van der Waals surface area (Å²) in [5.74, 6) is -0.0621. The van der Waals surface area contributed by atoms with Gasteiger partial charge in [-0.25, -0.2) is 9.97 Å². The van der Waals surface area contributed by atoms with Crippen LogP contribution >= 0.6 is 11.6 Å². The van der Waals surface area contributed by atoms with Crippen molar-refractivity contribution in [1.29, 1.82) is 5.26 Å². The first-order valence-electron chi connectivity index (χ1n) is 4.98. The van der Waals surface area contributed by atoms with Crippen molar-refractivity contribution in [3.05, 3.63) is 52.9 Å². The van der Waals surface area contributed by atoms with Crippen LogP contribution in [0.4, 0.5) is 5.82 Å². The molecule has 2 heterocycles. The van der Waals surface area contributed by atoms with Crippen LogP contribution in [0.3, 0.4) is 0 Å². The molecule has 0 aliphatic carbocycles. The molecule has 1 N–H and O–H groups in total. The third-order valence-electron chi connectivity index (χ3n) is 2.09. The Morgan fingerprint density at radius 1 is 1.33 bits per heavy atom. The Morgan fingerprint density at radius 3 is 2.78 bits per heavy atom. The lowest BCUT2D eigenvalue weighted by Crippen LogP contribution is -2.14. The summed E-state index contributed by atoms with van der Waals surface area (Å²) in [6.07, 6.45) is 2.82. The Balaban J connectivity index is 2.14. The zero-order valence-corrected chi connectivity index (χ0v) is 9.85. The summed E-state index contributed by atoms with van der Waals surface area (Å²) in [7, 11) is 0. The molecule has 0 unspecified atom stereocenters. The number of rotatable bonds is 2. The molecule has 0 radical (unpaired) electrons. The second-order valence-corrected chi connectivity index (χ2v) is 3.79. The zero-order valence-electron chi connectivity index (χ0n) is 9.09.